The first kappa shape index (κ1) is 18.0. The van der Waals surface area contributed by atoms with Crippen molar-refractivity contribution in [3.05, 3.63) is 77.9 Å². The number of rotatable bonds is 5. The van der Waals surface area contributed by atoms with Gasteiger partial charge in [-0.3, -0.25) is 0 Å². The van der Waals surface area contributed by atoms with Crippen LogP contribution >= 0.6 is 11.6 Å². The third kappa shape index (κ3) is 3.82. The molecule has 140 valence electrons. The number of nitrogens with one attached hydrogen (secondary N) is 2. The number of fused-ring (bicyclic) bond motifs is 1. The first-order chi connectivity index (χ1) is 13.7. The van der Waals surface area contributed by atoms with E-state index in [0.717, 1.165) is 22.6 Å². The van der Waals surface area contributed by atoms with Crippen molar-refractivity contribution in [1.82, 2.24) is 19.9 Å². The molecule has 0 aliphatic carbocycles. The summed E-state index contributed by atoms with van der Waals surface area (Å²) in [6.45, 7) is 0.950. The molecule has 7 heteroatoms. The van der Waals surface area contributed by atoms with Crippen molar-refractivity contribution in [2.45, 2.75) is 6.54 Å². The van der Waals surface area contributed by atoms with E-state index in [1.54, 1.807) is 18.3 Å². The second-order valence-corrected chi connectivity index (χ2v) is 6.57. The van der Waals surface area contributed by atoms with Gasteiger partial charge in [-0.05, 0) is 24.3 Å². The van der Waals surface area contributed by atoms with Crippen LogP contribution in [0.15, 0.2) is 72.9 Å². The van der Waals surface area contributed by atoms with Gasteiger partial charge in [0.2, 0.25) is 0 Å². The van der Waals surface area contributed by atoms with E-state index in [9.17, 15) is 4.79 Å². The summed E-state index contributed by atoms with van der Waals surface area (Å²) in [6, 6.07) is 20.5. The van der Waals surface area contributed by atoms with Crippen LogP contribution in [-0.2, 0) is 6.54 Å². The number of amides is 2. The number of hydrogen-bond acceptors (Lipinski definition) is 3. The lowest BCUT2D eigenvalue weighted by Crippen LogP contribution is -2.31. The second kappa shape index (κ2) is 8.10. The Labute approximate surface area is 167 Å². The maximum Gasteiger partial charge on any atom is 0.319 e. The molecule has 0 fully saturated rings. The zero-order valence-electron chi connectivity index (χ0n) is 15.0. The monoisotopic (exact) mass is 391 g/mol. The van der Waals surface area contributed by atoms with Gasteiger partial charge in [0.15, 0.2) is 5.65 Å². The number of benzene rings is 2. The Morgan fingerprint density at radius 2 is 1.79 bits per heavy atom. The molecule has 0 atom stereocenters. The Morgan fingerprint density at radius 3 is 2.61 bits per heavy atom. The lowest BCUT2D eigenvalue weighted by Gasteiger charge is -2.11. The van der Waals surface area contributed by atoms with Gasteiger partial charge in [0.05, 0.1) is 10.7 Å². The van der Waals surface area contributed by atoms with Gasteiger partial charge in [-0.25, -0.2) is 14.8 Å². The molecule has 0 bridgehead atoms. The fourth-order valence-electron chi connectivity index (χ4n) is 2.99. The highest BCUT2D eigenvalue weighted by Crippen LogP contribution is 2.23. The van der Waals surface area contributed by atoms with E-state index < -0.39 is 0 Å². The van der Waals surface area contributed by atoms with Gasteiger partial charge in [-0.2, -0.15) is 0 Å². The summed E-state index contributed by atoms with van der Waals surface area (Å²) >= 11 is 6.07. The molecule has 0 saturated carbocycles. The lowest BCUT2D eigenvalue weighted by atomic mass is 10.2. The van der Waals surface area contributed by atoms with Gasteiger partial charge in [0.25, 0.3) is 0 Å². The highest BCUT2D eigenvalue weighted by molar-refractivity contribution is 6.33. The smallest absolute Gasteiger partial charge is 0.319 e. The van der Waals surface area contributed by atoms with Crippen LogP contribution in [0.2, 0.25) is 5.02 Å². The van der Waals surface area contributed by atoms with E-state index >= 15 is 0 Å². The number of aromatic nitrogens is 3. The van der Waals surface area contributed by atoms with E-state index in [2.05, 4.69) is 15.6 Å². The quantitative estimate of drug-likeness (QED) is 0.523. The zero-order valence-corrected chi connectivity index (χ0v) is 15.7. The molecule has 2 amide bonds. The summed E-state index contributed by atoms with van der Waals surface area (Å²) in [6.07, 6.45) is 1.74. The van der Waals surface area contributed by atoms with Gasteiger partial charge in [0.1, 0.15) is 11.3 Å². The predicted molar refractivity (Wildman–Crippen MR) is 111 cm³/mol. The molecule has 2 N–H and O–H groups in total. The van der Waals surface area contributed by atoms with Crippen molar-refractivity contribution >= 4 is 34.5 Å². The minimum Gasteiger partial charge on any atom is -0.336 e. The number of nitrogens with zero attached hydrogens (tertiary/aromatic N) is 3. The Balaban J connectivity index is 1.50. The Bertz CT molecular complexity index is 1110. The molecule has 0 spiro atoms. The maximum absolute atomic E-state index is 12.2. The summed E-state index contributed by atoms with van der Waals surface area (Å²) in [7, 11) is 0. The summed E-state index contributed by atoms with van der Waals surface area (Å²) < 4.78 is 2.01. The maximum atomic E-state index is 12.2. The fraction of sp³-hybridized carbons (Fsp3) is 0.0952. The van der Waals surface area contributed by atoms with Crippen LogP contribution in [0.1, 0.15) is 0 Å². The standard InChI is InChI=1S/C21H18ClN5O/c22-16-9-4-5-10-17(16)26-21(28)24-13-14-27-19(15-7-2-1-3-8-15)25-18-11-6-12-23-20(18)27/h1-12H,13-14H2,(H2,24,26,28). The normalized spacial score (nSPS) is 10.8. The van der Waals surface area contributed by atoms with Crippen LogP contribution in [0, 0.1) is 0 Å². The number of hydrogen-bond donors (Lipinski definition) is 2. The van der Waals surface area contributed by atoms with E-state index in [0.29, 0.717) is 23.8 Å². The summed E-state index contributed by atoms with van der Waals surface area (Å²) in [5.41, 5.74) is 3.18. The van der Waals surface area contributed by atoms with Crippen molar-refractivity contribution in [3.8, 4) is 11.4 Å². The number of anilines is 1. The van der Waals surface area contributed by atoms with Gasteiger partial charge in [0, 0.05) is 24.8 Å². The zero-order chi connectivity index (χ0) is 19.3. The number of pyridine rings is 1. The average molecular weight is 392 g/mol. The van der Waals surface area contributed by atoms with Crippen molar-refractivity contribution in [3.63, 3.8) is 0 Å². The minimum absolute atomic E-state index is 0.313. The Hall–Kier alpha value is -3.38. The van der Waals surface area contributed by atoms with Crippen LogP contribution < -0.4 is 10.6 Å². The summed E-state index contributed by atoms with van der Waals surface area (Å²) in [4.78, 5) is 21.4. The molecule has 2 aromatic carbocycles. The van der Waals surface area contributed by atoms with Gasteiger partial charge in [-0.15, -0.1) is 0 Å². The highest BCUT2D eigenvalue weighted by Gasteiger charge is 2.13. The number of halogens is 1. The van der Waals surface area contributed by atoms with E-state index in [1.807, 2.05) is 59.2 Å². The van der Waals surface area contributed by atoms with Crippen molar-refractivity contribution in [2.75, 3.05) is 11.9 Å². The minimum atomic E-state index is -0.313. The van der Waals surface area contributed by atoms with Crippen LogP contribution in [0.4, 0.5) is 10.5 Å². The third-order valence-corrected chi connectivity index (χ3v) is 4.61. The van der Waals surface area contributed by atoms with Crippen LogP contribution in [0.25, 0.3) is 22.6 Å². The molecule has 2 aromatic heterocycles. The first-order valence-corrected chi connectivity index (χ1v) is 9.26. The molecule has 2 heterocycles. The largest absolute Gasteiger partial charge is 0.336 e. The Morgan fingerprint density at radius 1 is 1.00 bits per heavy atom. The Kier molecular flexibility index (Phi) is 5.21. The molecular weight excluding hydrogens is 374 g/mol. The first-order valence-electron chi connectivity index (χ1n) is 8.88. The second-order valence-electron chi connectivity index (χ2n) is 6.16. The average Bonchev–Trinajstić information content (AvgIpc) is 3.09. The molecule has 0 saturated heterocycles. The molecule has 6 nitrogen and oxygen atoms in total. The molecule has 28 heavy (non-hydrogen) atoms. The SMILES string of the molecule is O=C(NCCn1c(-c2ccccc2)nc2cccnc21)Nc1ccccc1Cl. The molecule has 4 aromatic rings. The van der Waals surface area contributed by atoms with E-state index in [-0.39, 0.29) is 6.03 Å². The predicted octanol–water partition coefficient (Wildman–Crippen LogP) is 4.57. The van der Waals surface area contributed by atoms with Gasteiger partial charge >= 0.3 is 6.03 Å². The number of carbonyl (C=O) groups excluding carboxylic acids is 1. The molecule has 4 rings (SSSR count). The van der Waals surface area contributed by atoms with Crippen LogP contribution in [-0.4, -0.2) is 27.1 Å². The van der Waals surface area contributed by atoms with Crippen LogP contribution in [0.5, 0.6) is 0 Å². The third-order valence-electron chi connectivity index (χ3n) is 4.28. The highest BCUT2D eigenvalue weighted by atomic mass is 35.5. The van der Waals surface area contributed by atoms with Gasteiger partial charge in [-0.1, -0.05) is 54.1 Å². The van der Waals surface area contributed by atoms with E-state index in [1.165, 1.54) is 0 Å². The summed E-state index contributed by atoms with van der Waals surface area (Å²) in [5, 5.41) is 6.10. The topological polar surface area (TPSA) is 71.8 Å². The number of imidazole rings is 1. The molecule has 0 aliphatic rings. The van der Waals surface area contributed by atoms with Crippen molar-refractivity contribution < 1.29 is 4.79 Å². The summed E-state index contributed by atoms with van der Waals surface area (Å²) in [5.74, 6) is 0.822. The number of para-hydroxylation sites is 1. The number of urea groups is 1. The molecular formula is C21H18ClN5O. The number of carbonyl (C=O) groups is 1. The van der Waals surface area contributed by atoms with Crippen molar-refractivity contribution in [2.24, 2.45) is 0 Å². The lowest BCUT2D eigenvalue weighted by molar-refractivity contribution is 0.251. The van der Waals surface area contributed by atoms with Gasteiger partial charge < -0.3 is 15.2 Å². The fourth-order valence-corrected chi connectivity index (χ4v) is 3.17. The van der Waals surface area contributed by atoms with E-state index in [4.69, 9.17) is 16.6 Å². The molecule has 0 aliphatic heterocycles. The molecule has 0 unspecified atom stereocenters. The van der Waals surface area contributed by atoms with Crippen molar-refractivity contribution in [1.29, 1.82) is 0 Å². The molecule has 0 radical (unpaired) electrons. The van der Waals surface area contributed by atoms with Crippen LogP contribution in [0.3, 0.4) is 0 Å².